The van der Waals surface area contributed by atoms with Crippen molar-refractivity contribution in [1.82, 2.24) is 0 Å². The van der Waals surface area contributed by atoms with Crippen molar-refractivity contribution in [2.24, 2.45) is 0 Å². The molecule has 0 aliphatic heterocycles. The number of benzene rings is 1. The maximum atomic E-state index is 9.49. The van der Waals surface area contributed by atoms with Crippen molar-refractivity contribution in [3.8, 4) is 0 Å². The van der Waals surface area contributed by atoms with Crippen LogP contribution < -0.4 is 0 Å². The van der Waals surface area contributed by atoms with E-state index >= 15 is 0 Å². The molecule has 2 heteroatoms. The van der Waals surface area contributed by atoms with Gasteiger partial charge in [0.15, 0.2) is 0 Å². The van der Waals surface area contributed by atoms with Crippen molar-refractivity contribution in [2.45, 2.75) is 44.6 Å². The van der Waals surface area contributed by atoms with Gasteiger partial charge in [0.05, 0.1) is 6.10 Å². The zero-order valence-corrected chi connectivity index (χ0v) is 10.6. The first-order valence-electron chi connectivity index (χ1n) is 5.61. The summed E-state index contributed by atoms with van der Waals surface area (Å²) in [5.74, 6) is 0.644. The fourth-order valence-electron chi connectivity index (χ4n) is 2.44. The summed E-state index contributed by atoms with van der Waals surface area (Å²) >= 11 is 3.53. The Hall–Kier alpha value is -0.340. The van der Waals surface area contributed by atoms with E-state index < -0.39 is 0 Å². The van der Waals surface area contributed by atoms with E-state index in [-0.39, 0.29) is 6.10 Å². The summed E-state index contributed by atoms with van der Waals surface area (Å²) in [6.45, 7) is 2.17. The van der Waals surface area contributed by atoms with Crippen LogP contribution in [0.1, 0.15) is 42.7 Å². The molecule has 1 aromatic carbocycles. The molecular weight excluding hydrogens is 252 g/mol. The maximum absolute atomic E-state index is 9.49. The molecule has 15 heavy (non-hydrogen) atoms. The highest BCUT2D eigenvalue weighted by Gasteiger charge is 2.21. The van der Waals surface area contributed by atoms with Crippen LogP contribution in [0.5, 0.6) is 0 Å². The molecule has 1 N–H and O–H groups in total. The van der Waals surface area contributed by atoms with Gasteiger partial charge in [0.25, 0.3) is 0 Å². The molecule has 1 fully saturated rings. The van der Waals surface area contributed by atoms with Crippen molar-refractivity contribution in [3.05, 3.63) is 33.8 Å². The number of hydrogen-bond donors (Lipinski definition) is 1. The van der Waals surface area contributed by atoms with Gasteiger partial charge in [-0.05, 0) is 61.8 Å². The lowest BCUT2D eigenvalue weighted by Gasteiger charge is -2.27. The summed E-state index contributed by atoms with van der Waals surface area (Å²) in [5, 5.41) is 9.49. The van der Waals surface area contributed by atoms with Gasteiger partial charge in [-0.1, -0.05) is 22.0 Å². The molecule has 1 aromatic rings. The van der Waals surface area contributed by atoms with E-state index in [1.54, 1.807) is 0 Å². The van der Waals surface area contributed by atoms with Gasteiger partial charge in [-0.2, -0.15) is 0 Å². The van der Waals surface area contributed by atoms with Gasteiger partial charge < -0.3 is 5.11 Å². The zero-order chi connectivity index (χ0) is 10.8. The normalized spacial score (nSPS) is 26.6. The van der Waals surface area contributed by atoms with Crippen molar-refractivity contribution in [3.63, 3.8) is 0 Å². The highest BCUT2D eigenvalue weighted by Crippen LogP contribution is 2.35. The molecule has 1 nitrogen and oxygen atoms in total. The number of hydrogen-bond acceptors (Lipinski definition) is 1. The molecule has 0 atom stereocenters. The Bertz CT molecular complexity index is 340. The van der Waals surface area contributed by atoms with E-state index in [9.17, 15) is 5.11 Å². The van der Waals surface area contributed by atoms with Crippen molar-refractivity contribution < 1.29 is 5.11 Å². The van der Waals surface area contributed by atoms with Crippen molar-refractivity contribution >= 4 is 15.9 Å². The summed E-state index contributed by atoms with van der Waals surface area (Å²) < 4.78 is 1.16. The lowest BCUT2D eigenvalue weighted by Crippen LogP contribution is -2.17. The highest BCUT2D eigenvalue weighted by molar-refractivity contribution is 9.10. The SMILES string of the molecule is Cc1ccc(Br)cc1C1CCC(O)CC1. The van der Waals surface area contributed by atoms with Crippen LogP contribution in [0.3, 0.4) is 0 Å². The molecule has 2 rings (SSSR count). The molecule has 0 amide bonds. The standard InChI is InChI=1S/C13H17BrO/c1-9-2-5-11(14)8-13(9)10-3-6-12(15)7-4-10/h2,5,8,10,12,15H,3-4,6-7H2,1H3. The predicted molar refractivity (Wildman–Crippen MR) is 66.1 cm³/mol. The lowest BCUT2D eigenvalue weighted by molar-refractivity contribution is 0.122. The number of rotatable bonds is 1. The summed E-state index contributed by atoms with van der Waals surface area (Å²) in [4.78, 5) is 0. The molecule has 1 aliphatic rings. The van der Waals surface area contributed by atoms with Crippen LogP contribution in [0.25, 0.3) is 0 Å². The average Bonchev–Trinajstić information content (AvgIpc) is 2.23. The molecule has 0 aromatic heterocycles. The second-order valence-electron chi connectivity index (χ2n) is 4.51. The van der Waals surface area contributed by atoms with Gasteiger partial charge in [-0.25, -0.2) is 0 Å². The number of aryl methyl sites for hydroxylation is 1. The Morgan fingerprint density at radius 3 is 2.53 bits per heavy atom. The number of aliphatic hydroxyl groups excluding tert-OH is 1. The Morgan fingerprint density at radius 2 is 1.87 bits per heavy atom. The minimum Gasteiger partial charge on any atom is -0.393 e. The zero-order valence-electron chi connectivity index (χ0n) is 9.04. The van der Waals surface area contributed by atoms with Crippen LogP contribution in [-0.4, -0.2) is 11.2 Å². The van der Waals surface area contributed by atoms with Crippen LogP contribution in [0, 0.1) is 6.92 Å². The third kappa shape index (κ3) is 2.61. The molecule has 0 bridgehead atoms. The second kappa shape index (κ2) is 4.67. The van der Waals surface area contributed by atoms with Crippen molar-refractivity contribution in [1.29, 1.82) is 0 Å². The molecule has 0 radical (unpaired) electrons. The Morgan fingerprint density at radius 1 is 1.20 bits per heavy atom. The van der Waals surface area contributed by atoms with E-state index in [1.165, 1.54) is 11.1 Å². The average molecular weight is 269 g/mol. The van der Waals surface area contributed by atoms with E-state index in [0.29, 0.717) is 5.92 Å². The summed E-state index contributed by atoms with van der Waals surface area (Å²) in [5.41, 5.74) is 2.83. The first-order valence-corrected chi connectivity index (χ1v) is 6.40. The fourth-order valence-corrected chi connectivity index (χ4v) is 2.82. The van der Waals surface area contributed by atoms with E-state index in [1.807, 2.05) is 0 Å². The Kier molecular flexibility index (Phi) is 3.47. The molecule has 1 aliphatic carbocycles. The van der Waals surface area contributed by atoms with Crippen molar-refractivity contribution in [2.75, 3.05) is 0 Å². The third-order valence-corrected chi connectivity index (χ3v) is 3.87. The predicted octanol–water partition coefficient (Wildman–Crippen LogP) is 3.78. The first-order chi connectivity index (χ1) is 7.16. The molecule has 0 heterocycles. The van der Waals surface area contributed by atoms with Gasteiger partial charge in [0.2, 0.25) is 0 Å². The first kappa shape index (κ1) is 11.2. The maximum Gasteiger partial charge on any atom is 0.0540 e. The topological polar surface area (TPSA) is 20.2 Å². The van der Waals surface area contributed by atoms with Crippen LogP contribution in [0.2, 0.25) is 0 Å². The second-order valence-corrected chi connectivity index (χ2v) is 5.42. The van der Waals surface area contributed by atoms with Crippen LogP contribution in [0.4, 0.5) is 0 Å². The van der Waals surface area contributed by atoms with E-state index in [2.05, 4.69) is 41.1 Å². The molecule has 82 valence electrons. The minimum atomic E-state index is -0.0614. The summed E-state index contributed by atoms with van der Waals surface area (Å²) in [7, 11) is 0. The van der Waals surface area contributed by atoms with Gasteiger partial charge in [0.1, 0.15) is 0 Å². The summed E-state index contributed by atoms with van der Waals surface area (Å²) in [6, 6.07) is 6.50. The van der Waals surface area contributed by atoms with E-state index in [4.69, 9.17) is 0 Å². The summed E-state index contributed by atoms with van der Waals surface area (Å²) in [6.07, 6.45) is 4.10. The highest BCUT2D eigenvalue weighted by atomic mass is 79.9. The van der Waals surface area contributed by atoms with Crippen LogP contribution >= 0.6 is 15.9 Å². The minimum absolute atomic E-state index is 0.0614. The molecular formula is C13H17BrO. The van der Waals surface area contributed by atoms with Gasteiger partial charge >= 0.3 is 0 Å². The largest absolute Gasteiger partial charge is 0.393 e. The lowest BCUT2D eigenvalue weighted by atomic mass is 9.81. The molecule has 1 saturated carbocycles. The van der Waals surface area contributed by atoms with E-state index in [0.717, 1.165) is 30.2 Å². The van der Waals surface area contributed by atoms with Gasteiger partial charge in [-0.3, -0.25) is 0 Å². The Labute approximate surface area is 99.6 Å². The molecule has 0 saturated heterocycles. The molecule has 0 spiro atoms. The smallest absolute Gasteiger partial charge is 0.0540 e. The van der Waals surface area contributed by atoms with Gasteiger partial charge in [0, 0.05) is 4.47 Å². The quantitative estimate of drug-likeness (QED) is 0.822. The third-order valence-electron chi connectivity index (χ3n) is 3.38. The fraction of sp³-hybridized carbons (Fsp3) is 0.538. The van der Waals surface area contributed by atoms with Crippen LogP contribution in [0.15, 0.2) is 22.7 Å². The Balaban J connectivity index is 2.18. The monoisotopic (exact) mass is 268 g/mol. The number of aliphatic hydroxyl groups is 1. The molecule has 0 unspecified atom stereocenters. The van der Waals surface area contributed by atoms with Crippen LogP contribution in [-0.2, 0) is 0 Å². The number of halogens is 1. The van der Waals surface area contributed by atoms with Gasteiger partial charge in [-0.15, -0.1) is 0 Å².